The molecule has 0 bridgehead atoms. The summed E-state index contributed by atoms with van der Waals surface area (Å²) >= 11 is 0. The Bertz CT molecular complexity index is 855. The van der Waals surface area contributed by atoms with Crippen LogP contribution in [0.2, 0.25) is 0 Å². The molecule has 1 heterocycles. The van der Waals surface area contributed by atoms with Crippen LogP contribution < -0.4 is 0 Å². The fourth-order valence-corrected chi connectivity index (χ4v) is 2.76. The van der Waals surface area contributed by atoms with Gasteiger partial charge in [-0.15, -0.1) is 10.2 Å². The molecule has 0 spiro atoms. The SMILES string of the molecule is C[C@@H]1CN(N=Nc2ccc(C#N)cc2)[C@@H](C)CN1N=Nc1ccc(C#N)cc1. The maximum absolute atomic E-state index is 8.84. The lowest BCUT2D eigenvalue weighted by Gasteiger charge is -2.39. The van der Waals surface area contributed by atoms with Crippen LogP contribution in [-0.4, -0.2) is 35.2 Å². The molecular formula is C20H20N8. The third-order valence-corrected chi connectivity index (χ3v) is 4.46. The minimum absolute atomic E-state index is 0.123. The summed E-state index contributed by atoms with van der Waals surface area (Å²) in [6.07, 6.45) is 0. The second kappa shape index (κ2) is 8.74. The van der Waals surface area contributed by atoms with E-state index in [2.05, 4.69) is 46.7 Å². The normalized spacial score (nSPS) is 19.7. The highest BCUT2D eigenvalue weighted by atomic mass is 15.6. The van der Waals surface area contributed by atoms with Gasteiger partial charge in [0.25, 0.3) is 0 Å². The predicted octanol–water partition coefficient (Wildman–Crippen LogP) is 4.52. The third kappa shape index (κ3) is 4.68. The molecule has 0 unspecified atom stereocenters. The predicted molar refractivity (Wildman–Crippen MR) is 104 cm³/mol. The number of nitrogens with zero attached hydrogens (tertiary/aromatic N) is 8. The summed E-state index contributed by atoms with van der Waals surface area (Å²) in [6.45, 7) is 5.47. The molecule has 0 radical (unpaired) electrons. The standard InChI is InChI=1S/C20H20N8/c1-15-13-28(26-24-20-9-5-18(12-22)6-10-20)16(2)14-27(15)25-23-19-7-3-17(11-21)4-8-19/h3-10,15-16H,13-14H2,1-2H3/t15-,16+. The largest absolute Gasteiger partial charge is 0.272 e. The Kier molecular flexibility index (Phi) is 5.93. The van der Waals surface area contributed by atoms with Crippen LogP contribution in [0.3, 0.4) is 0 Å². The zero-order chi connectivity index (χ0) is 19.9. The Balaban J connectivity index is 1.61. The molecule has 8 nitrogen and oxygen atoms in total. The molecule has 2 aromatic rings. The van der Waals surface area contributed by atoms with E-state index in [0.29, 0.717) is 35.6 Å². The lowest BCUT2D eigenvalue weighted by atomic mass is 10.2. The summed E-state index contributed by atoms with van der Waals surface area (Å²) in [5, 5.41) is 38.8. The first kappa shape index (κ1) is 19.0. The van der Waals surface area contributed by atoms with Crippen LogP contribution in [0.15, 0.2) is 69.2 Å². The van der Waals surface area contributed by atoms with Gasteiger partial charge in [-0.05, 0) is 62.4 Å². The molecule has 0 saturated carbocycles. The van der Waals surface area contributed by atoms with E-state index in [1.165, 1.54) is 0 Å². The van der Waals surface area contributed by atoms with Gasteiger partial charge >= 0.3 is 0 Å². The summed E-state index contributed by atoms with van der Waals surface area (Å²) < 4.78 is 0. The smallest absolute Gasteiger partial charge is 0.0991 e. The molecule has 8 heteroatoms. The Labute approximate surface area is 164 Å². The number of rotatable bonds is 4. The summed E-state index contributed by atoms with van der Waals surface area (Å²) in [7, 11) is 0. The maximum Gasteiger partial charge on any atom is 0.0991 e. The van der Waals surface area contributed by atoms with Gasteiger partial charge in [0.2, 0.25) is 0 Å². The van der Waals surface area contributed by atoms with E-state index in [4.69, 9.17) is 10.5 Å². The molecule has 1 aliphatic heterocycles. The lowest BCUT2D eigenvalue weighted by molar-refractivity contribution is 0.0360. The first-order chi connectivity index (χ1) is 13.6. The van der Waals surface area contributed by atoms with Crippen LogP contribution in [0, 0.1) is 22.7 Å². The zero-order valence-electron chi connectivity index (χ0n) is 15.8. The van der Waals surface area contributed by atoms with E-state index in [0.717, 1.165) is 0 Å². The molecule has 2 atom stereocenters. The van der Waals surface area contributed by atoms with Gasteiger partial charge in [0.1, 0.15) is 0 Å². The Hall–Kier alpha value is -3.78. The van der Waals surface area contributed by atoms with E-state index in [1.807, 2.05) is 10.0 Å². The molecule has 3 rings (SSSR count). The highest BCUT2D eigenvalue weighted by Crippen LogP contribution is 2.21. The van der Waals surface area contributed by atoms with Gasteiger partial charge in [0, 0.05) is 0 Å². The average molecular weight is 372 g/mol. The topological polar surface area (TPSA) is 104 Å². The van der Waals surface area contributed by atoms with Crippen molar-refractivity contribution in [3.05, 3.63) is 59.7 Å². The molecule has 1 fully saturated rings. The van der Waals surface area contributed by atoms with Crippen molar-refractivity contribution >= 4 is 11.4 Å². The third-order valence-electron chi connectivity index (χ3n) is 4.46. The second-order valence-electron chi connectivity index (χ2n) is 6.64. The summed E-state index contributed by atoms with van der Waals surface area (Å²) in [5.74, 6) is 0. The molecule has 2 aromatic carbocycles. The Morgan fingerprint density at radius 1 is 0.714 bits per heavy atom. The second-order valence-corrected chi connectivity index (χ2v) is 6.64. The quantitative estimate of drug-likeness (QED) is 0.736. The summed E-state index contributed by atoms with van der Waals surface area (Å²) in [4.78, 5) is 0. The molecule has 1 aliphatic rings. The van der Waals surface area contributed by atoms with Crippen molar-refractivity contribution < 1.29 is 0 Å². The molecule has 0 N–H and O–H groups in total. The minimum atomic E-state index is 0.123. The van der Waals surface area contributed by atoms with E-state index in [-0.39, 0.29) is 12.1 Å². The molecule has 0 aliphatic carbocycles. The first-order valence-corrected chi connectivity index (χ1v) is 8.96. The van der Waals surface area contributed by atoms with Gasteiger partial charge in [0.05, 0.1) is 59.8 Å². The van der Waals surface area contributed by atoms with Crippen molar-refractivity contribution in [3.8, 4) is 12.1 Å². The summed E-state index contributed by atoms with van der Waals surface area (Å²) in [5.41, 5.74) is 2.62. The van der Waals surface area contributed by atoms with Gasteiger partial charge in [-0.1, -0.05) is 10.4 Å². The fraction of sp³-hybridized carbons (Fsp3) is 0.300. The van der Waals surface area contributed by atoms with Crippen molar-refractivity contribution in [1.82, 2.24) is 10.0 Å². The van der Waals surface area contributed by atoms with Crippen molar-refractivity contribution in [2.45, 2.75) is 25.9 Å². The van der Waals surface area contributed by atoms with Gasteiger partial charge in [0.15, 0.2) is 0 Å². The van der Waals surface area contributed by atoms with Crippen LogP contribution in [0.1, 0.15) is 25.0 Å². The zero-order valence-corrected chi connectivity index (χ0v) is 15.8. The number of hydrogen-bond donors (Lipinski definition) is 0. The first-order valence-electron chi connectivity index (χ1n) is 8.96. The van der Waals surface area contributed by atoms with Crippen molar-refractivity contribution in [1.29, 1.82) is 10.5 Å². The van der Waals surface area contributed by atoms with Gasteiger partial charge < -0.3 is 0 Å². The van der Waals surface area contributed by atoms with Crippen LogP contribution in [0.4, 0.5) is 11.4 Å². The van der Waals surface area contributed by atoms with Gasteiger partial charge in [-0.25, -0.2) is 0 Å². The average Bonchev–Trinajstić information content (AvgIpc) is 2.73. The Morgan fingerprint density at radius 2 is 1.07 bits per heavy atom. The van der Waals surface area contributed by atoms with Crippen LogP contribution >= 0.6 is 0 Å². The van der Waals surface area contributed by atoms with Crippen LogP contribution in [-0.2, 0) is 0 Å². The van der Waals surface area contributed by atoms with E-state index in [1.54, 1.807) is 48.5 Å². The Morgan fingerprint density at radius 3 is 1.39 bits per heavy atom. The highest BCUT2D eigenvalue weighted by Gasteiger charge is 2.28. The van der Waals surface area contributed by atoms with Crippen molar-refractivity contribution in [2.24, 2.45) is 20.7 Å². The number of benzene rings is 2. The highest BCUT2D eigenvalue weighted by molar-refractivity contribution is 5.42. The van der Waals surface area contributed by atoms with Crippen LogP contribution in [0.5, 0.6) is 0 Å². The monoisotopic (exact) mass is 372 g/mol. The number of nitriles is 2. The van der Waals surface area contributed by atoms with Crippen molar-refractivity contribution in [2.75, 3.05) is 13.1 Å². The van der Waals surface area contributed by atoms with E-state index < -0.39 is 0 Å². The van der Waals surface area contributed by atoms with Crippen molar-refractivity contribution in [3.63, 3.8) is 0 Å². The lowest BCUT2D eigenvalue weighted by Crippen LogP contribution is -2.52. The van der Waals surface area contributed by atoms with Gasteiger partial charge in [-0.2, -0.15) is 10.5 Å². The molecule has 28 heavy (non-hydrogen) atoms. The number of hydrogen-bond acceptors (Lipinski definition) is 6. The molecule has 0 aromatic heterocycles. The molecule has 1 saturated heterocycles. The maximum atomic E-state index is 8.84. The molecular weight excluding hydrogens is 352 g/mol. The van der Waals surface area contributed by atoms with E-state index in [9.17, 15) is 0 Å². The van der Waals surface area contributed by atoms with Gasteiger partial charge in [-0.3, -0.25) is 10.0 Å². The summed E-state index contributed by atoms with van der Waals surface area (Å²) in [6, 6.07) is 18.4. The van der Waals surface area contributed by atoms with E-state index >= 15 is 0 Å². The molecule has 140 valence electrons. The fourth-order valence-electron chi connectivity index (χ4n) is 2.76. The minimum Gasteiger partial charge on any atom is -0.272 e. The van der Waals surface area contributed by atoms with Crippen LogP contribution in [0.25, 0.3) is 0 Å². The number of piperazine rings is 1. The molecule has 0 amide bonds.